The zero-order valence-electron chi connectivity index (χ0n) is 12.6. The van der Waals surface area contributed by atoms with E-state index >= 15 is 0 Å². The number of nitrogens with zero attached hydrogens (tertiary/aromatic N) is 1. The van der Waals surface area contributed by atoms with Crippen LogP contribution in [0, 0.1) is 28.1 Å². The van der Waals surface area contributed by atoms with Crippen LogP contribution in [0.3, 0.4) is 0 Å². The van der Waals surface area contributed by atoms with Gasteiger partial charge in [-0.05, 0) is 34.9 Å². The minimum atomic E-state index is -3.66. The number of hydrogen-bond acceptors (Lipinski definition) is 3. The molecule has 6 heteroatoms. The predicted octanol–water partition coefficient (Wildman–Crippen LogP) is 3.17. The highest BCUT2D eigenvalue weighted by Crippen LogP contribution is 2.67. The van der Waals surface area contributed by atoms with Crippen LogP contribution in [-0.4, -0.2) is 15.0 Å². The Kier molecular flexibility index (Phi) is 3.86. The predicted molar refractivity (Wildman–Crippen MR) is 82.4 cm³/mol. The average Bonchev–Trinajstić information content (AvgIpc) is 2.76. The second-order valence-electron chi connectivity index (χ2n) is 6.60. The van der Waals surface area contributed by atoms with E-state index in [4.69, 9.17) is 16.9 Å². The third kappa shape index (κ3) is 2.68. The van der Waals surface area contributed by atoms with Gasteiger partial charge in [-0.25, -0.2) is 13.1 Å². The summed E-state index contributed by atoms with van der Waals surface area (Å²) in [5.41, 5.74) is 0.567. The molecule has 0 heterocycles. The zero-order valence-corrected chi connectivity index (χ0v) is 14.1. The summed E-state index contributed by atoms with van der Waals surface area (Å²) in [6.45, 7) is 8.95. The standard InChI is InChI=1S/C15H19ClN2O2S/c1-14(2)13(15(14,3)4)9-18-21(19,20)12-6-5-10(8-17)7-11(12)16/h5-7,13,18H,9H2,1-4H3. The maximum Gasteiger partial charge on any atom is 0.242 e. The highest BCUT2D eigenvalue weighted by molar-refractivity contribution is 7.89. The lowest BCUT2D eigenvalue weighted by atomic mass is 10.0. The fourth-order valence-electron chi connectivity index (χ4n) is 2.90. The van der Waals surface area contributed by atoms with E-state index in [-0.39, 0.29) is 26.7 Å². The summed E-state index contributed by atoms with van der Waals surface area (Å²) in [7, 11) is -3.66. The van der Waals surface area contributed by atoms with Crippen molar-refractivity contribution in [2.45, 2.75) is 32.6 Å². The van der Waals surface area contributed by atoms with E-state index in [0.717, 1.165) is 0 Å². The summed E-state index contributed by atoms with van der Waals surface area (Å²) in [6, 6.07) is 6.11. The first-order valence-electron chi connectivity index (χ1n) is 6.73. The van der Waals surface area contributed by atoms with Crippen molar-refractivity contribution in [1.29, 1.82) is 5.26 Å². The largest absolute Gasteiger partial charge is 0.242 e. The molecule has 2 rings (SSSR count). The first kappa shape index (κ1) is 16.3. The molecule has 1 aliphatic rings. The molecule has 0 saturated heterocycles. The van der Waals surface area contributed by atoms with Gasteiger partial charge in [0.05, 0.1) is 16.7 Å². The minimum Gasteiger partial charge on any atom is -0.211 e. The molecular weight excluding hydrogens is 308 g/mol. The third-order valence-corrected chi connectivity index (χ3v) is 7.05. The van der Waals surface area contributed by atoms with Gasteiger partial charge in [0.1, 0.15) is 4.90 Å². The van der Waals surface area contributed by atoms with Gasteiger partial charge < -0.3 is 0 Å². The molecule has 1 aliphatic carbocycles. The fourth-order valence-corrected chi connectivity index (χ4v) is 4.49. The molecule has 0 unspecified atom stereocenters. The Morgan fingerprint density at radius 2 is 1.86 bits per heavy atom. The number of rotatable bonds is 4. The molecule has 1 N–H and O–H groups in total. The maximum absolute atomic E-state index is 12.3. The Bertz CT molecular complexity index is 704. The molecule has 0 aromatic heterocycles. The van der Waals surface area contributed by atoms with Gasteiger partial charge in [-0.1, -0.05) is 39.3 Å². The molecule has 21 heavy (non-hydrogen) atoms. The van der Waals surface area contributed by atoms with Gasteiger partial charge in [0.25, 0.3) is 0 Å². The molecule has 1 aromatic rings. The number of halogens is 1. The van der Waals surface area contributed by atoms with Gasteiger partial charge in [0, 0.05) is 6.54 Å². The molecule has 1 aromatic carbocycles. The Morgan fingerprint density at radius 1 is 1.29 bits per heavy atom. The lowest BCUT2D eigenvalue weighted by Gasteiger charge is -2.09. The van der Waals surface area contributed by atoms with Crippen molar-refractivity contribution in [3.05, 3.63) is 28.8 Å². The van der Waals surface area contributed by atoms with Crippen LogP contribution in [0.15, 0.2) is 23.1 Å². The Balaban J connectivity index is 2.16. The molecule has 0 radical (unpaired) electrons. The summed E-state index contributed by atoms with van der Waals surface area (Å²) < 4.78 is 27.3. The Morgan fingerprint density at radius 3 is 2.29 bits per heavy atom. The van der Waals surface area contributed by atoms with Crippen molar-refractivity contribution in [2.24, 2.45) is 16.7 Å². The number of hydrogen-bond donors (Lipinski definition) is 1. The van der Waals surface area contributed by atoms with Gasteiger partial charge in [-0.2, -0.15) is 5.26 Å². The molecule has 1 saturated carbocycles. The maximum atomic E-state index is 12.3. The number of nitrogens with one attached hydrogen (secondary N) is 1. The van der Waals surface area contributed by atoms with Crippen LogP contribution in [0.25, 0.3) is 0 Å². The van der Waals surface area contributed by atoms with E-state index in [1.807, 2.05) is 6.07 Å². The first-order valence-corrected chi connectivity index (χ1v) is 8.59. The molecular formula is C15H19ClN2O2S. The SMILES string of the molecule is CC1(C)C(CNS(=O)(=O)c2ccc(C#N)cc2Cl)C1(C)C. The fraction of sp³-hybridized carbons (Fsp3) is 0.533. The van der Waals surface area contributed by atoms with Crippen LogP contribution in [0.5, 0.6) is 0 Å². The van der Waals surface area contributed by atoms with Gasteiger partial charge >= 0.3 is 0 Å². The van der Waals surface area contributed by atoms with Gasteiger partial charge in [-0.3, -0.25) is 0 Å². The second-order valence-corrected chi connectivity index (χ2v) is 8.75. The highest BCUT2D eigenvalue weighted by atomic mass is 35.5. The summed E-state index contributed by atoms with van der Waals surface area (Å²) >= 11 is 5.97. The van der Waals surface area contributed by atoms with E-state index in [1.165, 1.54) is 18.2 Å². The summed E-state index contributed by atoms with van der Waals surface area (Å²) in [6.07, 6.45) is 0. The highest BCUT2D eigenvalue weighted by Gasteiger charge is 2.64. The lowest BCUT2D eigenvalue weighted by molar-refractivity contribution is 0.457. The average molecular weight is 327 g/mol. The van der Waals surface area contributed by atoms with Crippen molar-refractivity contribution in [3.8, 4) is 6.07 Å². The van der Waals surface area contributed by atoms with Gasteiger partial charge in [-0.15, -0.1) is 0 Å². The molecule has 0 aliphatic heterocycles. The van der Waals surface area contributed by atoms with Crippen LogP contribution in [0.2, 0.25) is 5.02 Å². The summed E-state index contributed by atoms with van der Waals surface area (Å²) in [5, 5.41) is 8.85. The minimum absolute atomic E-state index is 0.0134. The molecule has 1 fully saturated rings. The monoisotopic (exact) mass is 326 g/mol. The van der Waals surface area contributed by atoms with Crippen LogP contribution in [0.4, 0.5) is 0 Å². The van der Waals surface area contributed by atoms with Gasteiger partial charge in [0.15, 0.2) is 0 Å². The smallest absolute Gasteiger partial charge is 0.211 e. The zero-order chi connectivity index (χ0) is 16.1. The molecule has 0 spiro atoms. The van der Waals surface area contributed by atoms with Crippen molar-refractivity contribution < 1.29 is 8.42 Å². The van der Waals surface area contributed by atoms with E-state index < -0.39 is 10.0 Å². The normalized spacial score (nSPS) is 20.0. The Labute approximate surface area is 131 Å². The topological polar surface area (TPSA) is 70.0 Å². The van der Waals surface area contributed by atoms with Crippen LogP contribution in [-0.2, 0) is 10.0 Å². The first-order chi connectivity index (χ1) is 9.54. The summed E-state index contributed by atoms with van der Waals surface area (Å²) in [4.78, 5) is 0.0134. The molecule has 0 amide bonds. The summed E-state index contributed by atoms with van der Waals surface area (Å²) in [5.74, 6) is 0.289. The van der Waals surface area contributed by atoms with Gasteiger partial charge in [0.2, 0.25) is 10.0 Å². The quantitative estimate of drug-likeness (QED) is 0.923. The number of nitriles is 1. The van der Waals surface area contributed by atoms with Crippen LogP contribution < -0.4 is 4.72 Å². The number of benzene rings is 1. The van der Waals surface area contributed by atoms with E-state index in [0.29, 0.717) is 12.1 Å². The second kappa shape index (κ2) is 4.98. The molecule has 0 bridgehead atoms. The number of sulfonamides is 1. The van der Waals surface area contributed by atoms with E-state index in [1.54, 1.807) is 0 Å². The van der Waals surface area contributed by atoms with E-state index in [2.05, 4.69) is 32.4 Å². The van der Waals surface area contributed by atoms with E-state index in [9.17, 15) is 8.42 Å². The molecule has 4 nitrogen and oxygen atoms in total. The van der Waals surface area contributed by atoms with Crippen molar-refractivity contribution in [2.75, 3.05) is 6.54 Å². The Hall–Kier alpha value is -1.09. The van der Waals surface area contributed by atoms with Crippen molar-refractivity contribution in [3.63, 3.8) is 0 Å². The lowest BCUT2D eigenvalue weighted by Crippen LogP contribution is -2.27. The molecule has 114 valence electrons. The molecule has 0 atom stereocenters. The van der Waals surface area contributed by atoms with Crippen LogP contribution >= 0.6 is 11.6 Å². The van der Waals surface area contributed by atoms with Crippen molar-refractivity contribution in [1.82, 2.24) is 4.72 Å². The van der Waals surface area contributed by atoms with Crippen LogP contribution in [0.1, 0.15) is 33.3 Å². The third-order valence-electron chi connectivity index (χ3n) is 5.15. The van der Waals surface area contributed by atoms with Crippen molar-refractivity contribution >= 4 is 21.6 Å².